The van der Waals surface area contributed by atoms with Gasteiger partial charge in [-0.05, 0) is 24.0 Å². The zero-order valence-electron chi connectivity index (χ0n) is 20.7. The Bertz CT molecular complexity index is 1140. The number of aromatic amines is 1. The van der Waals surface area contributed by atoms with Crippen LogP contribution in [0.3, 0.4) is 0 Å². The summed E-state index contributed by atoms with van der Waals surface area (Å²) < 4.78 is 0. The molecule has 0 radical (unpaired) electrons. The molecule has 1 heterocycles. The third-order valence-corrected chi connectivity index (χ3v) is 6.23. The van der Waals surface area contributed by atoms with Crippen molar-refractivity contribution in [2.75, 3.05) is 5.75 Å². The highest BCUT2D eigenvalue weighted by molar-refractivity contribution is 7.80. The molecule has 37 heavy (non-hydrogen) atoms. The summed E-state index contributed by atoms with van der Waals surface area (Å²) in [6, 6.07) is 2.74. The van der Waals surface area contributed by atoms with Crippen LogP contribution in [-0.4, -0.2) is 69.6 Å². The summed E-state index contributed by atoms with van der Waals surface area (Å²) in [5, 5.41) is 17.9. The van der Waals surface area contributed by atoms with E-state index in [9.17, 15) is 29.1 Å². The fourth-order valence-electron chi connectivity index (χ4n) is 3.59. The lowest BCUT2D eigenvalue weighted by atomic mass is 10.0. The zero-order chi connectivity index (χ0) is 27.7. The number of nitrogens with two attached hydrogens (primary N) is 2. The summed E-state index contributed by atoms with van der Waals surface area (Å²) >= 11 is 4.10. The Morgan fingerprint density at radius 3 is 2.16 bits per heavy atom. The van der Waals surface area contributed by atoms with Crippen LogP contribution in [0.2, 0.25) is 0 Å². The van der Waals surface area contributed by atoms with Crippen LogP contribution >= 0.6 is 12.6 Å². The van der Waals surface area contributed by atoms with Gasteiger partial charge in [-0.3, -0.25) is 19.2 Å². The second kappa shape index (κ2) is 13.7. The maximum Gasteiger partial charge on any atom is 0.326 e. The molecule has 9 N–H and O–H groups in total. The number of H-pyrrole nitrogens is 1. The first-order valence-electron chi connectivity index (χ1n) is 11.8. The maximum absolute atomic E-state index is 13.1. The lowest BCUT2D eigenvalue weighted by Gasteiger charge is -2.25. The highest BCUT2D eigenvalue weighted by Gasteiger charge is 2.30. The van der Waals surface area contributed by atoms with Crippen LogP contribution in [0.1, 0.15) is 32.3 Å². The summed E-state index contributed by atoms with van der Waals surface area (Å²) in [5.41, 5.74) is 12.5. The molecule has 0 aliphatic carbocycles. The van der Waals surface area contributed by atoms with E-state index in [-0.39, 0.29) is 30.9 Å². The maximum atomic E-state index is 13.1. The molecule has 4 unspecified atom stereocenters. The number of fused-ring (bicyclic) bond motifs is 1. The third-order valence-electron chi connectivity index (χ3n) is 5.86. The molecule has 0 saturated heterocycles. The molecule has 2 aromatic rings. The Labute approximate surface area is 219 Å². The summed E-state index contributed by atoms with van der Waals surface area (Å²) in [6.45, 7) is 3.50. The molecule has 0 saturated carbocycles. The zero-order valence-corrected chi connectivity index (χ0v) is 21.6. The summed E-state index contributed by atoms with van der Waals surface area (Å²) in [5.74, 6) is -4.37. The quantitative estimate of drug-likeness (QED) is 0.148. The van der Waals surface area contributed by atoms with Crippen LogP contribution in [0.4, 0.5) is 0 Å². The summed E-state index contributed by atoms with van der Waals surface area (Å²) in [7, 11) is 0. The van der Waals surface area contributed by atoms with Gasteiger partial charge in [-0.2, -0.15) is 12.6 Å². The Balaban J connectivity index is 2.16. The number of aromatic nitrogens is 1. The number of hydrogen-bond donors (Lipinski definition) is 8. The predicted octanol–water partition coefficient (Wildman–Crippen LogP) is -0.572. The van der Waals surface area contributed by atoms with Crippen LogP contribution in [0.15, 0.2) is 30.5 Å². The van der Waals surface area contributed by atoms with Gasteiger partial charge in [0.05, 0.1) is 6.04 Å². The van der Waals surface area contributed by atoms with Gasteiger partial charge >= 0.3 is 5.97 Å². The molecule has 202 valence electrons. The van der Waals surface area contributed by atoms with E-state index in [4.69, 9.17) is 11.5 Å². The van der Waals surface area contributed by atoms with E-state index in [0.29, 0.717) is 5.56 Å². The topological polar surface area (TPSA) is 209 Å². The number of nitrogens with one attached hydrogen (secondary N) is 4. The predicted molar refractivity (Wildman–Crippen MR) is 141 cm³/mol. The van der Waals surface area contributed by atoms with Crippen LogP contribution in [0.5, 0.6) is 0 Å². The van der Waals surface area contributed by atoms with E-state index in [1.54, 1.807) is 20.0 Å². The third kappa shape index (κ3) is 8.50. The molecular weight excluding hydrogens is 500 g/mol. The number of amides is 4. The molecule has 0 bridgehead atoms. The first-order chi connectivity index (χ1) is 17.4. The van der Waals surface area contributed by atoms with E-state index in [2.05, 4.69) is 33.6 Å². The number of thiol groups is 1. The molecule has 1 aromatic carbocycles. The van der Waals surface area contributed by atoms with Crippen molar-refractivity contribution in [1.29, 1.82) is 0 Å². The Morgan fingerprint density at radius 1 is 0.973 bits per heavy atom. The van der Waals surface area contributed by atoms with Crippen LogP contribution in [-0.2, 0) is 30.4 Å². The molecule has 0 fully saturated rings. The minimum atomic E-state index is -1.32. The lowest BCUT2D eigenvalue weighted by Crippen LogP contribution is -2.58. The number of carbonyl (C=O) groups excluding carboxylic acids is 4. The second-order valence-corrected chi connectivity index (χ2v) is 9.41. The van der Waals surface area contributed by atoms with Crippen LogP contribution in [0.25, 0.3) is 10.9 Å². The van der Waals surface area contributed by atoms with Crippen LogP contribution in [0, 0.1) is 5.92 Å². The molecule has 0 aliphatic heterocycles. The number of hydrogen-bond acceptors (Lipinski definition) is 7. The largest absolute Gasteiger partial charge is 0.480 e. The van der Waals surface area contributed by atoms with E-state index < -0.39 is 53.8 Å². The molecular formula is C24H34N6O6S. The molecule has 2 rings (SSSR count). The highest BCUT2D eigenvalue weighted by Crippen LogP contribution is 2.19. The van der Waals surface area contributed by atoms with Crippen molar-refractivity contribution in [3.05, 3.63) is 36.0 Å². The second-order valence-electron chi connectivity index (χ2n) is 9.04. The molecule has 0 spiro atoms. The van der Waals surface area contributed by atoms with Gasteiger partial charge in [0.1, 0.15) is 18.1 Å². The summed E-state index contributed by atoms with van der Waals surface area (Å²) in [6.07, 6.45) is 1.23. The number of rotatable bonds is 14. The Kier molecular flexibility index (Phi) is 10.9. The minimum Gasteiger partial charge on any atom is -0.480 e. The van der Waals surface area contributed by atoms with Gasteiger partial charge in [0.2, 0.25) is 23.6 Å². The Hall–Kier alpha value is -3.58. The van der Waals surface area contributed by atoms with Crippen molar-refractivity contribution in [3.8, 4) is 0 Å². The van der Waals surface area contributed by atoms with Crippen molar-refractivity contribution >= 4 is 53.1 Å². The van der Waals surface area contributed by atoms with Crippen molar-refractivity contribution in [3.63, 3.8) is 0 Å². The lowest BCUT2D eigenvalue weighted by molar-refractivity contribution is -0.142. The van der Waals surface area contributed by atoms with Gasteiger partial charge < -0.3 is 37.5 Å². The van der Waals surface area contributed by atoms with Crippen molar-refractivity contribution < 1.29 is 29.1 Å². The fourth-order valence-corrected chi connectivity index (χ4v) is 3.84. The molecule has 4 amide bonds. The minimum absolute atomic E-state index is 0.0238. The van der Waals surface area contributed by atoms with E-state index in [1.165, 1.54) is 0 Å². The number of aliphatic carboxylic acids is 1. The van der Waals surface area contributed by atoms with E-state index >= 15 is 0 Å². The number of carboxylic acid groups (broad SMARTS) is 1. The number of carbonyl (C=O) groups is 5. The first-order valence-corrected chi connectivity index (χ1v) is 12.4. The van der Waals surface area contributed by atoms with Crippen molar-refractivity contribution in [2.45, 2.75) is 57.3 Å². The molecule has 4 atom stereocenters. The molecule has 12 nitrogen and oxygen atoms in total. The number of benzene rings is 1. The molecule has 1 aromatic heterocycles. The van der Waals surface area contributed by atoms with Gasteiger partial charge in [0.25, 0.3) is 0 Å². The van der Waals surface area contributed by atoms with Gasteiger partial charge in [-0.1, -0.05) is 32.0 Å². The van der Waals surface area contributed by atoms with Gasteiger partial charge in [0.15, 0.2) is 0 Å². The fraction of sp³-hybridized carbons (Fsp3) is 0.458. The average molecular weight is 535 g/mol. The van der Waals surface area contributed by atoms with E-state index in [0.717, 1.165) is 10.9 Å². The smallest absolute Gasteiger partial charge is 0.326 e. The number of carboxylic acids is 1. The van der Waals surface area contributed by atoms with Crippen molar-refractivity contribution in [1.82, 2.24) is 20.9 Å². The highest BCUT2D eigenvalue weighted by atomic mass is 32.1. The number of para-hydroxylation sites is 1. The molecule has 0 aliphatic rings. The first kappa shape index (κ1) is 29.6. The monoisotopic (exact) mass is 534 g/mol. The Morgan fingerprint density at radius 2 is 1.57 bits per heavy atom. The van der Waals surface area contributed by atoms with Gasteiger partial charge in [-0.25, -0.2) is 4.79 Å². The SMILES string of the molecule is CC(C)C(N)C(=O)NC(CS)C(=O)NC(CCC(N)=O)C(=O)NC(Cc1c[nH]c2ccccc12)C(=O)O. The van der Waals surface area contributed by atoms with Crippen molar-refractivity contribution in [2.24, 2.45) is 17.4 Å². The summed E-state index contributed by atoms with van der Waals surface area (Å²) in [4.78, 5) is 64.6. The van der Waals surface area contributed by atoms with Crippen LogP contribution < -0.4 is 27.4 Å². The average Bonchev–Trinajstić information content (AvgIpc) is 3.26. The standard InChI is InChI=1S/C24H34N6O6S/c1-12(2)20(26)23(34)30-18(11-37)22(33)28-16(7-8-19(25)31)21(32)29-17(24(35)36)9-13-10-27-15-6-4-3-5-14(13)15/h3-6,10,12,16-18,20,27,37H,7-9,11,26H2,1-2H3,(H2,25,31)(H,28,33)(H,29,32)(H,30,34)(H,35,36). The number of primary amides is 1. The normalized spacial score (nSPS) is 14.4. The van der Waals surface area contributed by atoms with Gasteiger partial charge in [0, 0.05) is 35.7 Å². The van der Waals surface area contributed by atoms with Gasteiger partial charge in [-0.15, -0.1) is 0 Å². The molecule has 13 heteroatoms. The van der Waals surface area contributed by atoms with E-state index in [1.807, 2.05) is 24.3 Å².